The Balaban J connectivity index is 2.44. The normalized spacial score (nSPS) is 10.2. The average molecular weight is 294 g/mol. The first-order valence-corrected chi connectivity index (χ1v) is 5.73. The fourth-order valence-electron chi connectivity index (χ4n) is 1.49. The number of carbonyl (C=O) groups is 1. The van der Waals surface area contributed by atoms with Crippen molar-refractivity contribution < 1.29 is 9.18 Å². The number of anilines is 1. The van der Waals surface area contributed by atoms with Gasteiger partial charge in [0.1, 0.15) is 5.82 Å². The lowest BCUT2D eigenvalue weighted by atomic mass is 10.0. The molecule has 4 heteroatoms. The number of rotatable bonds is 2. The lowest BCUT2D eigenvalue weighted by molar-refractivity contribution is 0.103. The van der Waals surface area contributed by atoms with Crippen LogP contribution in [0.3, 0.4) is 0 Å². The summed E-state index contributed by atoms with van der Waals surface area (Å²) in [7, 11) is 0. The van der Waals surface area contributed by atoms with E-state index in [1.54, 1.807) is 18.2 Å². The summed E-state index contributed by atoms with van der Waals surface area (Å²) >= 11 is 3.26. The van der Waals surface area contributed by atoms with Gasteiger partial charge in [-0.1, -0.05) is 6.07 Å². The zero-order chi connectivity index (χ0) is 12.4. The molecule has 0 unspecified atom stereocenters. The van der Waals surface area contributed by atoms with Gasteiger partial charge < -0.3 is 5.73 Å². The summed E-state index contributed by atoms with van der Waals surface area (Å²) in [5, 5.41) is 0. The van der Waals surface area contributed by atoms with Gasteiger partial charge in [-0.05, 0) is 52.3 Å². The highest BCUT2D eigenvalue weighted by Gasteiger charge is 2.13. The number of nitrogens with two attached hydrogens (primary N) is 1. The minimum Gasteiger partial charge on any atom is -0.397 e. The lowest BCUT2D eigenvalue weighted by Gasteiger charge is -2.06. The van der Waals surface area contributed by atoms with Gasteiger partial charge in [-0.25, -0.2) is 4.39 Å². The smallest absolute Gasteiger partial charge is 0.195 e. The van der Waals surface area contributed by atoms with E-state index in [4.69, 9.17) is 5.73 Å². The molecule has 0 fully saturated rings. The van der Waals surface area contributed by atoms with Crippen LogP contribution in [0.2, 0.25) is 0 Å². The number of halogens is 2. The predicted molar refractivity (Wildman–Crippen MR) is 68.4 cm³/mol. The van der Waals surface area contributed by atoms with E-state index in [1.165, 1.54) is 24.3 Å². The predicted octanol–water partition coefficient (Wildman–Crippen LogP) is 3.40. The van der Waals surface area contributed by atoms with Crippen LogP contribution < -0.4 is 5.73 Å². The molecule has 0 radical (unpaired) electrons. The third kappa shape index (κ3) is 2.36. The van der Waals surface area contributed by atoms with Crippen molar-refractivity contribution in [1.82, 2.24) is 0 Å². The number of benzene rings is 2. The van der Waals surface area contributed by atoms with Gasteiger partial charge in [0.15, 0.2) is 5.78 Å². The number of carbonyl (C=O) groups excluding carboxylic acids is 1. The molecule has 0 aliphatic rings. The van der Waals surface area contributed by atoms with Crippen molar-refractivity contribution in [2.45, 2.75) is 0 Å². The number of para-hydroxylation sites is 1. The SMILES string of the molecule is Nc1c(Br)cccc1C(=O)c1ccc(F)cc1. The second-order valence-electron chi connectivity index (χ2n) is 3.54. The summed E-state index contributed by atoms with van der Waals surface area (Å²) in [6.45, 7) is 0. The van der Waals surface area contributed by atoms with Gasteiger partial charge in [0.2, 0.25) is 0 Å². The molecule has 0 atom stereocenters. The van der Waals surface area contributed by atoms with Crippen LogP contribution in [0.25, 0.3) is 0 Å². The fourth-order valence-corrected chi connectivity index (χ4v) is 1.86. The molecule has 0 aliphatic heterocycles. The Labute approximate surface area is 106 Å². The highest BCUT2D eigenvalue weighted by Crippen LogP contribution is 2.25. The van der Waals surface area contributed by atoms with Gasteiger partial charge in [0.25, 0.3) is 0 Å². The second-order valence-corrected chi connectivity index (χ2v) is 4.39. The van der Waals surface area contributed by atoms with Crippen LogP contribution in [0.4, 0.5) is 10.1 Å². The number of hydrogen-bond acceptors (Lipinski definition) is 2. The molecule has 0 spiro atoms. The minimum atomic E-state index is -0.372. The molecule has 2 aromatic rings. The number of hydrogen-bond donors (Lipinski definition) is 1. The Morgan fingerprint density at radius 2 is 1.76 bits per heavy atom. The van der Waals surface area contributed by atoms with Gasteiger partial charge in [-0.15, -0.1) is 0 Å². The molecule has 0 saturated carbocycles. The molecule has 86 valence electrons. The van der Waals surface area contributed by atoms with E-state index in [0.29, 0.717) is 21.3 Å². The third-order valence-electron chi connectivity index (χ3n) is 2.40. The summed E-state index contributed by atoms with van der Waals surface area (Å²) in [6, 6.07) is 10.5. The van der Waals surface area contributed by atoms with Crippen LogP contribution in [0.15, 0.2) is 46.9 Å². The second kappa shape index (κ2) is 4.67. The highest BCUT2D eigenvalue weighted by molar-refractivity contribution is 9.10. The maximum atomic E-state index is 12.8. The van der Waals surface area contributed by atoms with Gasteiger partial charge in [0, 0.05) is 15.6 Å². The van der Waals surface area contributed by atoms with E-state index in [1.807, 2.05) is 0 Å². The zero-order valence-corrected chi connectivity index (χ0v) is 10.4. The molecule has 2 rings (SSSR count). The maximum Gasteiger partial charge on any atom is 0.195 e. The molecular formula is C13H9BrFNO. The zero-order valence-electron chi connectivity index (χ0n) is 8.78. The molecule has 0 aliphatic carbocycles. The number of nitrogen functional groups attached to an aromatic ring is 1. The molecule has 0 aromatic heterocycles. The molecule has 2 nitrogen and oxygen atoms in total. The first kappa shape index (κ1) is 11.8. The molecule has 0 saturated heterocycles. The summed E-state index contributed by atoms with van der Waals surface area (Å²) < 4.78 is 13.4. The quantitative estimate of drug-likeness (QED) is 0.681. The van der Waals surface area contributed by atoms with Crippen molar-refractivity contribution in [1.29, 1.82) is 0 Å². The summed E-state index contributed by atoms with van der Waals surface area (Å²) in [4.78, 5) is 12.1. The summed E-state index contributed by atoms with van der Waals surface area (Å²) in [5.41, 5.74) is 7.02. The Bertz CT molecular complexity index is 566. The van der Waals surface area contributed by atoms with Gasteiger partial charge >= 0.3 is 0 Å². The van der Waals surface area contributed by atoms with Gasteiger partial charge in [-0.2, -0.15) is 0 Å². The standard InChI is InChI=1S/C13H9BrFNO/c14-11-3-1-2-10(12(11)16)13(17)8-4-6-9(15)7-5-8/h1-7H,16H2. The van der Waals surface area contributed by atoms with Crippen LogP contribution in [-0.2, 0) is 0 Å². The topological polar surface area (TPSA) is 43.1 Å². The van der Waals surface area contributed by atoms with Crippen LogP contribution in [0.5, 0.6) is 0 Å². The van der Waals surface area contributed by atoms with Crippen molar-refractivity contribution in [3.8, 4) is 0 Å². The average Bonchev–Trinajstić information content (AvgIpc) is 2.33. The van der Waals surface area contributed by atoms with E-state index < -0.39 is 0 Å². The van der Waals surface area contributed by atoms with Crippen molar-refractivity contribution >= 4 is 27.4 Å². The Kier molecular flexibility index (Phi) is 3.24. The van der Waals surface area contributed by atoms with E-state index in [9.17, 15) is 9.18 Å². The molecule has 0 bridgehead atoms. The minimum absolute atomic E-state index is 0.219. The molecule has 0 heterocycles. The van der Waals surface area contributed by atoms with Crippen LogP contribution >= 0.6 is 15.9 Å². The molecule has 17 heavy (non-hydrogen) atoms. The first-order valence-electron chi connectivity index (χ1n) is 4.94. The molecule has 0 amide bonds. The molecule has 2 aromatic carbocycles. The highest BCUT2D eigenvalue weighted by atomic mass is 79.9. The Morgan fingerprint density at radius 3 is 2.41 bits per heavy atom. The third-order valence-corrected chi connectivity index (χ3v) is 3.10. The van der Waals surface area contributed by atoms with Gasteiger partial charge in [0.05, 0.1) is 5.69 Å². The lowest BCUT2D eigenvalue weighted by Crippen LogP contribution is -2.05. The monoisotopic (exact) mass is 293 g/mol. The van der Waals surface area contributed by atoms with Crippen molar-refractivity contribution in [2.75, 3.05) is 5.73 Å². The summed E-state index contributed by atoms with van der Waals surface area (Å²) in [5.74, 6) is -0.590. The van der Waals surface area contributed by atoms with Crippen LogP contribution in [-0.4, -0.2) is 5.78 Å². The first-order chi connectivity index (χ1) is 8.09. The van der Waals surface area contributed by atoms with Crippen LogP contribution in [0.1, 0.15) is 15.9 Å². The Hall–Kier alpha value is -1.68. The maximum absolute atomic E-state index is 12.8. The van der Waals surface area contributed by atoms with E-state index in [-0.39, 0.29) is 11.6 Å². The van der Waals surface area contributed by atoms with Crippen molar-refractivity contribution in [2.24, 2.45) is 0 Å². The summed E-state index contributed by atoms with van der Waals surface area (Å²) in [6.07, 6.45) is 0. The van der Waals surface area contributed by atoms with E-state index in [0.717, 1.165) is 0 Å². The molecular weight excluding hydrogens is 285 g/mol. The van der Waals surface area contributed by atoms with Crippen molar-refractivity contribution in [3.05, 3.63) is 63.9 Å². The van der Waals surface area contributed by atoms with E-state index in [2.05, 4.69) is 15.9 Å². The fraction of sp³-hybridized carbons (Fsp3) is 0. The van der Waals surface area contributed by atoms with Crippen LogP contribution in [0, 0.1) is 5.82 Å². The van der Waals surface area contributed by atoms with Crippen molar-refractivity contribution in [3.63, 3.8) is 0 Å². The van der Waals surface area contributed by atoms with Gasteiger partial charge in [-0.3, -0.25) is 4.79 Å². The largest absolute Gasteiger partial charge is 0.397 e. The number of ketones is 1. The Morgan fingerprint density at radius 1 is 1.12 bits per heavy atom. The molecule has 2 N–H and O–H groups in total. The van der Waals surface area contributed by atoms with E-state index >= 15 is 0 Å².